The van der Waals surface area contributed by atoms with Crippen molar-refractivity contribution in [1.29, 1.82) is 0 Å². The number of benzene rings is 1. The Labute approximate surface area is 191 Å². The van der Waals surface area contributed by atoms with Gasteiger partial charge in [-0.3, -0.25) is 4.79 Å². The molecule has 0 bridgehead atoms. The molecule has 0 saturated carbocycles. The minimum absolute atomic E-state index is 0.0626. The summed E-state index contributed by atoms with van der Waals surface area (Å²) in [5.41, 5.74) is 4.34. The van der Waals surface area contributed by atoms with Crippen LogP contribution >= 0.6 is 0 Å². The normalized spacial score (nSPS) is 18.1. The summed E-state index contributed by atoms with van der Waals surface area (Å²) in [5.74, 6) is -1.87. The van der Waals surface area contributed by atoms with Gasteiger partial charge in [0.2, 0.25) is 10.0 Å². The van der Waals surface area contributed by atoms with Gasteiger partial charge in [-0.15, -0.1) is 0 Å². The highest BCUT2D eigenvalue weighted by Crippen LogP contribution is 2.33. The van der Waals surface area contributed by atoms with Crippen LogP contribution in [-0.4, -0.2) is 65.3 Å². The molecule has 33 heavy (non-hydrogen) atoms. The lowest BCUT2D eigenvalue weighted by Crippen LogP contribution is -2.57. The highest BCUT2D eigenvalue weighted by Gasteiger charge is 2.44. The summed E-state index contributed by atoms with van der Waals surface area (Å²) in [6, 6.07) is 4.36. The molecule has 1 unspecified atom stereocenters. The van der Waals surface area contributed by atoms with Crippen molar-refractivity contribution in [3.63, 3.8) is 0 Å². The van der Waals surface area contributed by atoms with E-state index in [2.05, 4.69) is 0 Å². The molecule has 1 aromatic carbocycles. The first-order valence-electron chi connectivity index (χ1n) is 10.8. The van der Waals surface area contributed by atoms with E-state index in [0.717, 1.165) is 12.1 Å². The van der Waals surface area contributed by atoms with E-state index in [9.17, 15) is 31.5 Å². The van der Waals surface area contributed by atoms with Crippen molar-refractivity contribution in [1.82, 2.24) is 4.31 Å². The number of aliphatic carboxylic acids is 1. The molecule has 1 aromatic rings. The Bertz CT molecular complexity index is 890. The third-order valence-corrected chi connectivity index (χ3v) is 8.08. The molecule has 5 N–H and O–H groups in total. The molecule has 1 saturated heterocycles. The topological polar surface area (TPSA) is 141 Å². The van der Waals surface area contributed by atoms with Crippen LogP contribution in [0, 0.1) is 5.92 Å². The molecule has 1 aliphatic rings. The van der Waals surface area contributed by atoms with E-state index < -0.39 is 46.3 Å². The lowest BCUT2D eigenvalue weighted by Gasteiger charge is -2.39. The van der Waals surface area contributed by atoms with E-state index in [4.69, 9.17) is 15.8 Å². The number of carboxylic acid groups (broad SMARTS) is 1. The lowest BCUT2D eigenvalue weighted by molar-refractivity contribution is -0.146. The lowest BCUT2D eigenvalue weighted by atomic mass is 9.74. The van der Waals surface area contributed by atoms with Crippen molar-refractivity contribution >= 4 is 23.1 Å². The quantitative estimate of drug-likeness (QED) is 0.271. The number of halogens is 3. The number of nitrogens with zero attached hydrogens (tertiary/aromatic N) is 1. The van der Waals surface area contributed by atoms with Crippen molar-refractivity contribution in [3.05, 3.63) is 35.4 Å². The zero-order valence-electron chi connectivity index (χ0n) is 18.2. The maximum absolute atomic E-state index is 12.7. The van der Waals surface area contributed by atoms with E-state index >= 15 is 0 Å². The van der Waals surface area contributed by atoms with Crippen molar-refractivity contribution in [3.8, 4) is 0 Å². The van der Waals surface area contributed by atoms with E-state index in [1.165, 1.54) is 16.4 Å². The minimum atomic E-state index is -4.46. The van der Waals surface area contributed by atoms with Gasteiger partial charge in [-0.1, -0.05) is 25.0 Å². The van der Waals surface area contributed by atoms with Crippen molar-refractivity contribution in [2.45, 2.75) is 56.6 Å². The average Bonchev–Trinajstić information content (AvgIpc) is 2.74. The number of hydrogen-bond donors (Lipinski definition) is 4. The fourth-order valence-electron chi connectivity index (χ4n) is 4.12. The summed E-state index contributed by atoms with van der Waals surface area (Å²) in [6.45, 7) is 0.225. The maximum atomic E-state index is 12.7. The summed E-state index contributed by atoms with van der Waals surface area (Å²) in [4.78, 5) is 11.8. The average molecular weight is 494 g/mol. The van der Waals surface area contributed by atoms with Crippen molar-refractivity contribution in [2.75, 3.05) is 18.8 Å². The van der Waals surface area contributed by atoms with Gasteiger partial charge in [-0.25, -0.2) is 12.7 Å². The number of piperidine rings is 1. The fourth-order valence-corrected chi connectivity index (χ4v) is 5.63. The number of carboxylic acids is 1. The third-order valence-electron chi connectivity index (χ3n) is 6.21. The largest absolute Gasteiger partial charge is 0.480 e. The Kier molecular flexibility index (Phi) is 9.34. The van der Waals surface area contributed by atoms with Crippen molar-refractivity contribution < 1.29 is 41.5 Å². The molecule has 0 radical (unpaired) electrons. The van der Waals surface area contributed by atoms with Crippen LogP contribution in [0.15, 0.2) is 24.3 Å². The van der Waals surface area contributed by atoms with E-state index in [1.54, 1.807) is 0 Å². The molecule has 0 aliphatic carbocycles. The molecule has 2 rings (SSSR count). The van der Waals surface area contributed by atoms with Crippen LogP contribution in [0.25, 0.3) is 0 Å². The summed E-state index contributed by atoms with van der Waals surface area (Å²) in [5, 5.41) is 27.5. The van der Waals surface area contributed by atoms with Crippen LogP contribution in [-0.2, 0) is 27.4 Å². The van der Waals surface area contributed by atoms with Gasteiger partial charge in [0.15, 0.2) is 0 Å². The van der Waals surface area contributed by atoms with Gasteiger partial charge in [-0.05, 0) is 55.6 Å². The fraction of sp³-hybridized carbons (Fsp3) is 0.650. The second kappa shape index (κ2) is 11.2. The van der Waals surface area contributed by atoms with Crippen LogP contribution in [0.1, 0.15) is 43.2 Å². The summed E-state index contributed by atoms with van der Waals surface area (Å²) in [7, 11) is -5.13. The maximum Gasteiger partial charge on any atom is 0.451 e. The first-order valence-corrected chi connectivity index (χ1v) is 12.4. The molecular weight excluding hydrogens is 464 g/mol. The number of unbranched alkanes of at least 4 members (excludes halogenated alkanes) is 1. The van der Waals surface area contributed by atoms with Crippen LogP contribution in [0.2, 0.25) is 6.32 Å². The zero-order chi connectivity index (χ0) is 24.9. The first kappa shape index (κ1) is 27.6. The van der Waals surface area contributed by atoms with Crippen LogP contribution in [0.3, 0.4) is 0 Å². The molecule has 186 valence electrons. The minimum Gasteiger partial charge on any atom is -0.480 e. The molecule has 0 spiro atoms. The summed E-state index contributed by atoms with van der Waals surface area (Å²) >= 11 is 0. The monoisotopic (exact) mass is 494 g/mol. The van der Waals surface area contributed by atoms with E-state index in [1.807, 2.05) is 0 Å². The number of nitrogens with two attached hydrogens (primary N) is 1. The van der Waals surface area contributed by atoms with Gasteiger partial charge in [0.05, 0.1) is 11.3 Å². The van der Waals surface area contributed by atoms with Gasteiger partial charge in [0.1, 0.15) is 5.54 Å². The molecule has 0 aromatic heterocycles. The molecule has 13 heteroatoms. The second-order valence-electron chi connectivity index (χ2n) is 8.51. The number of rotatable bonds is 11. The Morgan fingerprint density at radius 3 is 2.18 bits per heavy atom. The Morgan fingerprint density at radius 1 is 1.12 bits per heavy atom. The molecule has 8 nitrogen and oxygen atoms in total. The van der Waals surface area contributed by atoms with Gasteiger partial charge in [-0.2, -0.15) is 13.2 Å². The molecule has 0 amide bonds. The predicted octanol–water partition coefficient (Wildman–Crippen LogP) is 1.71. The molecule has 1 aliphatic heterocycles. The van der Waals surface area contributed by atoms with Gasteiger partial charge in [0.25, 0.3) is 0 Å². The smallest absolute Gasteiger partial charge is 0.451 e. The molecule has 1 fully saturated rings. The summed E-state index contributed by atoms with van der Waals surface area (Å²) in [6.07, 6.45) is -2.80. The summed E-state index contributed by atoms with van der Waals surface area (Å²) < 4.78 is 64.6. The highest BCUT2D eigenvalue weighted by molar-refractivity contribution is 7.89. The molecule has 1 heterocycles. The van der Waals surface area contributed by atoms with Gasteiger partial charge < -0.3 is 20.9 Å². The number of alkyl halides is 3. The second-order valence-corrected chi connectivity index (χ2v) is 10.6. The van der Waals surface area contributed by atoms with Crippen LogP contribution < -0.4 is 5.73 Å². The number of sulfonamides is 1. The number of hydrogen-bond acceptors (Lipinski definition) is 6. The highest BCUT2D eigenvalue weighted by atomic mass is 32.2. The van der Waals surface area contributed by atoms with Crippen molar-refractivity contribution in [2.24, 2.45) is 11.7 Å². The Morgan fingerprint density at radius 2 is 1.70 bits per heavy atom. The van der Waals surface area contributed by atoms with Crippen LogP contribution in [0.5, 0.6) is 0 Å². The predicted molar refractivity (Wildman–Crippen MR) is 117 cm³/mol. The van der Waals surface area contributed by atoms with Gasteiger partial charge >= 0.3 is 19.3 Å². The Hall–Kier alpha value is -1.67. The molecular formula is C20H30BF3N2O6S. The zero-order valence-corrected chi connectivity index (χ0v) is 19.0. The standard InChI is InChI=1S/C20H30BF3N2O6S/c22-20(23,24)17-5-3-15(4-6-17)9-14-33(31,32)26-12-7-16(8-13-26)19(25,18(27)28)10-1-2-11-21(29)30/h3-6,16,29-30H,1-2,7-14,25H2,(H,27,28). The molecule has 1 atom stereocenters. The van der Waals surface area contributed by atoms with E-state index in [-0.39, 0.29) is 50.8 Å². The SMILES string of the molecule is NC(CCCCB(O)O)(C(=O)O)C1CCN(S(=O)(=O)CCc2ccc(C(F)(F)F)cc2)CC1. The van der Waals surface area contributed by atoms with E-state index in [0.29, 0.717) is 18.4 Å². The third kappa shape index (κ3) is 7.67. The Balaban J connectivity index is 1.91. The number of carbonyl (C=O) groups is 1. The van der Waals surface area contributed by atoms with Gasteiger partial charge in [0, 0.05) is 13.1 Å². The first-order chi connectivity index (χ1) is 15.3. The number of aryl methyl sites for hydroxylation is 1. The van der Waals surface area contributed by atoms with Crippen LogP contribution in [0.4, 0.5) is 13.2 Å².